The van der Waals surface area contributed by atoms with Gasteiger partial charge in [-0.05, 0) is 43.7 Å². The highest BCUT2D eigenvalue weighted by Crippen LogP contribution is 2.33. The zero-order chi connectivity index (χ0) is 15.0. The average molecular weight is 307 g/mol. The van der Waals surface area contributed by atoms with Gasteiger partial charge >= 0.3 is 5.97 Å². The molecule has 0 spiro atoms. The Morgan fingerprint density at radius 3 is 3.05 bits per heavy atom. The van der Waals surface area contributed by atoms with Crippen LogP contribution in [0.5, 0.6) is 0 Å². The predicted molar refractivity (Wildman–Crippen MR) is 83.8 cm³/mol. The Morgan fingerprint density at radius 1 is 1.52 bits per heavy atom. The molecule has 0 bridgehead atoms. The molecule has 21 heavy (non-hydrogen) atoms. The van der Waals surface area contributed by atoms with E-state index in [4.69, 9.17) is 16.3 Å². The Bertz CT molecular complexity index is 693. The fraction of sp³-hybridized carbons (Fsp3) is 0.438. The van der Waals surface area contributed by atoms with Crippen LogP contribution in [0.1, 0.15) is 17.7 Å². The first-order valence-electron chi connectivity index (χ1n) is 7.17. The summed E-state index contributed by atoms with van der Waals surface area (Å²) >= 11 is 6.14. The largest absolute Gasteiger partial charge is 0.469 e. The topological polar surface area (TPSA) is 43.3 Å². The minimum Gasteiger partial charge on any atom is -0.469 e. The summed E-state index contributed by atoms with van der Waals surface area (Å²) < 4.78 is 7.16. The van der Waals surface area contributed by atoms with Gasteiger partial charge in [0, 0.05) is 34.2 Å². The van der Waals surface area contributed by atoms with Crippen molar-refractivity contribution < 1.29 is 9.53 Å². The number of esters is 1. The normalized spacial score (nSPS) is 17.8. The SMILES string of the molecule is CNC1CCc2c(CC(=O)OC)c3cc(Cl)ccc3n2C1. The maximum absolute atomic E-state index is 11.7. The Balaban J connectivity index is 2.16. The van der Waals surface area contributed by atoms with Gasteiger partial charge in [0.25, 0.3) is 0 Å². The van der Waals surface area contributed by atoms with Crippen molar-refractivity contribution in [2.45, 2.75) is 31.8 Å². The van der Waals surface area contributed by atoms with Crippen molar-refractivity contribution in [1.29, 1.82) is 0 Å². The quantitative estimate of drug-likeness (QED) is 0.886. The molecule has 1 aliphatic heterocycles. The number of carbonyl (C=O) groups is 1. The van der Waals surface area contributed by atoms with Crippen molar-refractivity contribution in [3.05, 3.63) is 34.5 Å². The van der Waals surface area contributed by atoms with Crippen LogP contribution in [0.2, 0.25) is 5.02 Å². The number of benzene rings is 1. The second-order valence-electron chi connectivity index (χ2n) is 5.47. The van der Waals surface area contributed by atoms with E-state index >= 15 is 0 Å². The molecule has 1 unspecified atom stereocenters. The van der Waals surface area contributed by atoms with Gasteiger partial charge in [-0.15, -0.1) is 0 Å². The second-order valence-corrected chi connectivity index (χ2v) is 5.91. The summed E-state index contributed by atoms with van der Waals surface area (Å²) in [6, 6.07) is 6.37. The van der Waals surface area contributed by atoms with E-state index in [1.165, 1.54) is 12.8 Å². The molecule has 1 aliphatic rings. The molecule has 5 heteroatoms. The van der Waals surface area contributed by atoms with Crippen molar-refractivity contribution in [3.63, 3.8) is 0 Å². The van der Waals surface area contributed by atoms with Crippen LogP contribution in [0.3, 0.4) is 0 Å². The molecule has 2 heterocycles. The maximum atomic E-state index is 11.7. The highest BCUT2D eigenvalue weighted by Gasteiger charge is 2.25. The van der Waals surface area contributed by atoms with Gasteiger partial charge in [0.05, 0.1) is 13.5 Å². The number of hydrogen-bond donors (Lipinski definition) is 1. The number of methoxy groups -OCH3 is 1. The molecule has 0 radical (unpaired) electrons. The molecule has 3 rings (SSSR count). The molecular formula is C16H19ClN2O2. The smallest absolute Gasteiger partial charge is 0.310 e. The molecule has 0 saturated heterocycles. The van der Waals surface area contributed by atoms with Gasteiger partial charge in [0.1, 0.15) is 0 Å². The number of nitrogens with zero attached hydrogens (tertiary/aromatic N) is 1. The molecule has 1 aromatic heterocycles. The summed E-state index contributed by atoms with van der Waals surface area (Å²) in [5.74, 6) is -0.207. The molecular weight excluding hydrogens is 288 g/mol. The maximum Gasteiger partial charge on any atom is 0.310 e. The van der Waals surface area contributed by atoms with Gasteiger partial charge in [0.15, 0.2) is 0 Å². The first-order valence-corrected chi connectivity index (χ1v) is 7.55. The van der Waals surface area contributed by atoms with E-state index in [1.807, 2.05) is 25.2 Å². The zero-order valence-electron chi connectivity index (χ0n) is 12.3. The first-order chi connectivity index (χ1) is 10.1. The van der Waals surface area contributed by atoms with Crippen LogP contribution in [-0.4, -0.2) is 30.7 Å². The summed E-state index contributed by atoms with van der Waals surface area (Å²) in [6.45, 7) is 0.922. The van der Waals surface area contributed by atoms with Crippen LogP contribution >= 0.6 is 11.6 Å². The van der Waals surface area contributed by atoms with Crippen LogP contribution in [-0.2, 0) is 28.9 Å². The van der Waals surface area contributed by atoms with Gasteiger partial charge in [-0.1, -0.05) is 11.6 Å². The highest BCUT2D eigenvalue weighted by atomic mass is 35.5. The van der Waals surface area contributed by atoms with E-state index < -0.39 is 0 Å². The van der Waals surface area contributed by atoms with Gasteiger partial charge in [-0.25, -0.2) is 0 Å². The van der Waals surface area contributed by atoms with E-state index in [2.05, 4.69) is 9.88 Å². The molecule has 1 atom stereocenters. The number of fused-ring (bicyclic) bond motifs is 3. The molecule has 112 valence electrons. The lowest BCUT2D eigenvalue weighted by atomic mass is 10.0. The summed E-state index contributed by atoms with van der Waals surface area (Å²) in [4.78, 5) is 11.7. The number of hydrogen-bond acceptors (Lipinski definition) is 3. The standard InChI is InChI=1S/C16H19ClN2O2/c1-18-11-4-6-15-13(8-16(20)21-2)12-7-10(17)3-5-14(12)19(15)9-11/h3,5,7,11,18H,4,6,8-9H2,1-2H3. The Kier molecular flexibility index (Phi) is 3.91. The van der Waals surface area contributed by atoms with Crippen molar-refractivity contribution in [2.24, 2.45) is 0 Å². The molecule has 0 fully saturated rings. The third kappa shape index (κ3) is 2.54. The number of aromatic nitrogens is 1. The van der Waals surface area contributed by atoms with Crippen LogP contribution < -0.4 is 5.32 Å². The number of ether oxygens (including phenoxy) is 1. The lowest BCUT2D eigenvalue weighted by Crippen LogP contribution is -2.35. The Labute approximate surface area is 129 Å². The van der Waals surface area contributed by atoms with Gasteiger partial charge < -0.3 is 14.6 Å². The number of carbonyl (C=O) groups excluding carboxylic acids is 1. The van der Waals surface area contributed by atoms with Crippen LogP contribution in [0.4, 0.5) is 0 Å². The zero-order valence-corrected chi connectivity index (χ0v) is 13.0. The van der Waals surface area contributed by atoms with Crippen LogP contribution in [0, 0.1) is 0 Å². The molecule has 1 aromatic carbocycles. The molecule has 1 N–H and O–H groups in total. The van der Waals surface area contributed by atoms with Crippen molar-refractivity contribution in [3.8, 4) is 0 Å². The minimum atomic E-state index is -0.207. The number of halogens is 1. The summed E-state index contributed by atoms with van der Waals surface area (Å²) in [5, 5.41) is 5.11. The van der Waals surface area contributed by atoms with E-state index in [0.29, 0.717) is 17.5 Å². The highest BCUT2D eigenvalue weighted by molar-refractivity contribution is 6.31. The number of rotatable bonds is 3. The minimum absolute atomic E-state index is 0.207. The van der Waals surface area contributed by atoms with Gasteiger partial charge in [0.2, 0.25) is 0 Å². The van der Waals surface area contributed by atoms with Crippen molar-refractivity contribution >= 4 is 28.5 Å². The lowest BCUT2D eigenvalue weighted by Gasteiger charge is -2.25. The summed E-state index contributed by atoms with van der Waals surface area (Å²) in [5.41, 5.74) is 3.45. The third-order valence-corrected chi connectivity index (χ3v) is 4.57. The molecule has 0 aliphatic carbocycles. The van der Waals surface area contributed by atoms with E-state index in [0.717, 1.165) is 35.9 Å². The monoisotopic (exact) mass is 306 g/mol. The van der Waals surface area contributed by atoms with E-state index in [9.17, 15) is 4.79 Å². The van der Waals surface area contributed by atoms with Gasteiger partial charge in [-0.2, -0.15) is 0 Å². The summed E-state index contributed by atoms with van der Waals surface area (Å²) in [6.07, 6.45) is 2.35. The van der Waals surface area contributed by atoms with E-state index in [-0.39, 0.29) is 5.97 Å². The average Bonchev–Trinajstić information content (AvgIpc) is 2.80. The molecule has 0 amide bonds. The number of likely N-dealkylation sites (N-methyl/N-ethyl adjacent to an activating group) is 1. The van der Waals surface area contributed by atoms with Crippen molar-refractivity contribution in [2.75, 3.05) is 14.2 Å². The lowest BCUT2D eigenvalue weighted by molar-refractivity contribution is -0.139. The van der Waals surface area contributed by atoms with Crippen molar-refractivity contribution in [1.82, 2.24) is 9.88 Å². The molecule has 2 aromatic rings. The number of nitrogens with one attached hydrogen (secondary N) is 1. The second kappa shape index (κ2) is 5.70. The van der Waals surface area contributed by atoms with Gasteiger partial charge in [-0.3, -0.25) is 4.79 Å². The Hall–Kier alpha value is -1.52. The Morgan fingerprint density at radius 2 is 2.33 bits per heavy atom. The van der Waals surface area contributed by atoms with E-state index in [1.54, 1.807) is 0 Å². The molecule has 0 saturated carbocycles. The predicted octanol–water partition coefficient (Wildman–Crippen LogP) is 2.54. The third-order valence-electron chi connectivity index (χ3n) is 4.34. The van der Waals surface area contributed by atoms with Crippen LogP contribution in [0.15, 0.2) is 18.2 Å². The fourth-order valence-corrected chi connectivity index (χ4v) is 3.39. The first kappa shape index (κ1) is 14.4. The molecule has 4 nitrogen and oxygen atoms in total. The van der Waals surface area contributed by atoms with Crippen LogP contribution in [0.25, 0.3) is 10.9 Å². The summed E-state index contributed by atoms with van der Waals surface area (Å²) in [7, 11) is 3.42. The fourth-order valence-electron chi connectivity index (χ4n) is 3.22.